The van der Waals surface area contributed by atoms with Crippen LogP contribution in [0.3, 0.4) is 0 Å². The monoisotopic (exact) mass is 253 g/mol. The van der Waals surface area contributed by atoms with E-state index in [2.05, 4.69) is 10.8 Å². The first-order valence-corrected chi connectivity index (χ1v) is 7.68. The molecular weight excluding hydrogens is 234 g/mol. The Morgan fingerprint density at radius 3 is 2.59 bits per heavy atom. The van der Waals surface area contributed by atoms with Gasteiger partial charge in [0.1, 0.15) is 0 Å². The molecule has 1 aromatic rings. The van der Waals surface area contributed by atoms with Gasteiger partial charge in [-0.3, -0.25) is 4.72 Å². The van der Waals surface area contributed by atoms with Crippen LogP contribution in [0.25, 0.3) is 0 Å². The van der Waals surface area contributed by atoms with Gasteiger partial charge in [0.15, 0.2) is 0 Å². The minimum atomic E-state index is -3.23. The Hall–Kier alpha value is -1.03. The maximum atomic E-state index is 11.9. The zero-order chi connectivity index (χ0) is 12.5. The van der Waals surface area contributed by atoms with Crippen LogP contribution < -0.4 is 4.72 Å². The molecule has 0 bridgehead atoms. The minimum Gasteiger partial charge on any atom is -0.283 e. The van der Waals surface area contributed by atoms with E-state index in [-0.39, 0.29) is 0 Å². The topological polar surface area (TPSA) is 46.2 Å². The molecule has 0 heterocycles. The van der Waals surface area contributed by atoms with E-state index >= 15 is 0 Å². The molecule has 0 aromatic heterocycles. The number of rotatable bonds is 3. The van der Waals surface area contributed by atoms with Gasteiger partial charge in [0.05, 0.1) is 10.9 Å². The van der Waals surface area contributed by atoms with Crippen molar-refractivity contribution >= 4 is 15.7 Å². The van der Waals surface area contributed by atoms with Crippen molar-refractivity contribution < 1.29 is 8.42 Å². The van der Waals surface area contributed by atoms with Crippen molar-refractivity contribution in [2.24, 2.45) is 0 Å². The van der Waals surface area contributed by atoms with Gasteiger partial charge in [-0.2, -0.15) is 0 Å². The Balaban J connectivity index is 2.34. The second-order valence-corrected chi connectivity index (χ2v) is 7.08. The molecule has 1 aromatic carbocycles. The van der Waals surface area contributed by atoms with Gasteiger partial charge >= 0.3 is 0 Å². The summed E-state index contributed by atoms with van der Waals surface area (Å²) in [5.74, 6) is 0. The summed E-state index contributed by atoms with van der Waals surface area (Å²) in [5, 5.41) is -0.401. The molecule has 2 rings (SSSR count). The summed E-state index contributed by atoms with van der Waals surface area (Å²) in [7, 11) is -3.23. The molecule has 0 unspecified atom stereocenters. The first kappa shape index (κ1) is 12.4. The van der Waals surface area contributed by atoms with Crippen molar-refractivity contribution in [3.05, 3.63) is 29.3 Å². The van der Waals surface area contributed by atoms with Crippen LogP contribution in [0.4, 0.5) is 5.69 Å². The molecule has 94 valence electrons. The summed E-state index contributed by atoms with van der Waals surface area (Å²) in [6.07, 6.45) is 4.39. The number of anilines is 1. The highest BCUT2D eigenvalue weighted by Gasteiger charge is 2.19. The normalized spacial score (nSPS) is 15.7. The molecule has 0 atom stereocenters. The Labute approximate surface area is 103 Å². The van der Waals surface area contributed by atoms with E-state index in [0.29, 0.717) is 0 Å². The Kier molecular flexibility index (Phi) is 3.43. The van der Waals surface area contributed by atoms with Crippen molar-refractivity contribution in [3.8, 4) is 0 Å². The summed E-state index contributed by atoms with van der Waals surface area (Å²) in [4.78, 5) is 0. The molecule has 0 fully saturated rings. The zero-order valence-corrected chi connectivity index (χ0v) is 11.2. The third-order valence-corrected chi connectivity index (χ3v) is 5.01. The van der Waals surface area contributed by atoms with Crippen LogP contribution in [-0.4, -0.2) is 13.7 Å². The number of aryl methyl sites for hydroxylation is 1. The van der Waals surface area contributed by atoms with E-state index in [9.17, 15) is 8.42 Å². The fourth-order valence-electron chi connectivity index (χ4n) is 2.15. The Morgan fingerprint density at radius 1 is 1.18 bits per heavy atom. The lowest BCUT2D eigenvalue weighted by Crippen LogP contribution is -2.23. The molecule has 1 aliphatic rings. The summed E-state index contributed by atoms with van der Waals surface area (Å²) in [6, 6.07) is 5.90. The average Bonchev–Trinajstić information content (AvgIpc) is 2.29. The lowest BCUT2D eigenvalue weighted by molar-refractivity contribution is 0.592. The minimum absolute atomic E-state index is 0.401. The molecule has 0 radical (unpaired) electrons. The van der Waals surface area contributed by atoms with Crippen LogP contribution in [-0.2, 0) is 22.9 Å². The second kappa shape index (κ2) is 4.69. The molecule has 1 N–H and O–H groups in total. The summed E-state index contributed by atoms with van der Waals surface area (Å²) in [6.45, 7) is 3.38. The highest BCUT2D eigenvalue weighted by molar-refractivity contribution is 7.93. The van der Waals surface area contributed by atoms with E-state index in [1.807, 2.05) is 12.1 Å². The third-order valence-electron chi connectivity index (χ3n) is 3.27. The maximum Gasteiger partial charge on any atom is 0.235 e. The largest absolute Gasteiger partial charge is 0.283 e. The zero-order valence-electron chi connectivity index (χ0n) is 10.4. The molecule has 3 nitrogen and oxygen atoms in total. The van der Waals surface area contributed by atoms with Crippen LogP contribution in [0.2, 0.25) is 0 Å². The number of benzene rings is 1. The SMILES string of the molecule is CC(C)S(=O)(=O)Nc1cccc2c1CCCC2. The molecular formula is C13H19NO2S. The molecule has 0 spiro atoms. The van der Waals surface area contributed by atoms with Gasteiger partial charge in [0.25, 0.3) is 0 Å². The lowest BCUT2D eigenvalue weighted by Gasteiger charge is -2.20. The lowest BCUT2D eigenvalue weighted by atomic mass is 9.91. The number of hydrogen-bond donors (Lipinski definition) is 1. The van der Waals surface area contributed by atoms with Crippen molar-refractivity contribution in [1.29, 1.82) is 0 Å². The highest BCUT2D eigenvalue weighted by Crippen LogP contribution is 2.28. The van der Waals surface area contributed by atoms with Crippen LogP contribution in [0.5, 0.6) is 0 Å². The van der Waals surface area contributed by atoms with Crippen LogP contribution >= 0.6 is 0 Å². The molecule has 0 aliphatic heterocycles. The molecule has 4 heteroatoms. The van der Waals surface area contributed by atoms with Crippen LogP contribution in [0.15, 0.2) is 18.2 Å². The van der Waals surface area contributed by atoms with Gasteiger partial charge in [-0.05, 0) is 56.7 Å². The summed E-state index contributed by atoms with van der Waals surface area (Å²) in [5.41, 5.74) is 3.25. The fraction of sp³-hybridized carbons (Fsp3) is 0.538. The van der Waals surface area contributed by atoms with Gasteiger partial charge in [0, 0.05) is 0 Å². The van der Waals surface area contributed by atoms with Crippen molar-refractivity contribution in [1.82, 2.24) is 0 Å². The first-order chi connectivity index (χ1) is 8.00. The standard InChI is InChI=1S/C13H19NO2S/c1-10(2)17(15,16)14-13-9-5-7-11-6-3-4-8-12(11)13/h5,7,9-10,14H,3-4,6,8H2,1-2H3. The van der Waals surface area contributed by atoms with Gasteiger partial charge in [0.2, 0.25) is 10.0 Å². The third kappa shape index (κ3) is 2.63. The Bertz CT molecular complexity index is 506. The number of fused-ring (bicyclic) bond motifs is 1. The fourth-order valence-corrected chi connectivity index (χ4v) is 2.88. The molecule has 0 amide bonds. The smallest absolute Gasteiger partial charge is 0.235 e. The number of sulfonamides is 1. The van der Waals surface area contributed by atoms with Crippen LogP contribution in [0, 0.1) is 0 Å². The van der Waals surface area contributed by atoms with E-state index in [1.54, 1.807) is 13.8 Å². The van der Waals surface area contributed by atoms with E-state index in [0.717, 1.165) is 24.9 Å². The molecule has 0 saturated heterocycles. The van der Waals surface area contributed by atoms with Crippen LogP contribution in [0.1, 0.15) is 37.8 Å². The number of nitrogens with one attached hydrogen (secondary N) is 1. The van der Waals surface area contributed by atoms with Gasteiger partial charge < -0.3 is 0 Å². The van der Waals surface area contributed by atoms with Crippen molar-refractivity contribution in [2.45, 2.75) is 44.8 Å². The number of hydrogen-bond acceptors (Lipinski definition) is 2. The average molecular weight is 253 g/mol. The van der Waals surface area contributed by atoms with Crippen molar-refractivity contribution in [3.63, 3.8) is 0 Å². The van der Waals surface area contributed by atoms with Gasteiger partial charge in [-0.1, -0.05) is 12.1 Å². The van der Waals surface area contributed by atoms with Crippen molar-refractivity contribution in [2.75, 3.05) is 4.72 Å². The molecule has 1 aliphatic carbocycles. The Morgan fingerprint density at radius 2 is 1.88 bits per heavy atom. The summed E-state index contributed by atoms with van der Waals surface area (Å²) < 4.78 is 26.5. The summed E-state index contributed by atoms with van der Waals surface area (Å²) >= 11 is 0. The molecule has 17 heavy (non-hydrogen) atoms. The quantitative estimate of drug-likeness (QED) is 0.900. The van der Waals surface area contributed by atoms with E-state index in [1.165, 1.54) is 17.5 Å². The predicted octanol–water partition coefficient (Wildman–Crippen LogP) is 2.72. The predicted molar refractivity (Wildman–Crippen MR) is 70.8 cm³/mol. The second-order valence-electron chi connectivity index (χ2n) is 4.85. The van der Waals surface area contributed by atoms with E-state index in [4.69, 9.17) is 0 Å². The first-order valence-electron chi connectivity index (χ1n) is 6.13. The van der Waals surface area contributed by atoms with Gasteiger partial charge in [-0.25, -0.2) is 8.42 Å². The van der Waals surface area contributed by atoms with Gasteiger partial charge in [-0.15, -0.1) is 0 Å². The van der Waals surface area contributed by atoms with E-state index < -0.39 is 15.3 Å². The maximum absolute atomic E-state index is 11.9. The highest BCUT2D eigenvalue weighted by atomic mass is 32.2. The molecule has 0 saturated carbocycles.